The molecule has 7 heteroatoms. The van der Waals surface area contributed by atoms with Crippen LogP contribution >= 0.6 is 11.8 Å². The first-order valence-corrected chi connectivity index (χ1v) is 10.9. The van der Waals surface area contributed by atoms with Crippen LogP contribution in [0.4, 0.5) is 0 Å². The third-order valence-corrected chi connectivity index (χ3v) is 5.51. The molecule has 0 N–H and O–H groups in total. The molecule has 0 saturated heterocycles. The number of aryl methyl sites for hydroxylation is 1. The molecule has 0 aliphatic heterocycles. The first kappa shape index (κ1) is 22.1. The molecule has 0 radical (unpaired) electrons. The second-order valence-electron chi connectivity index (χ2n) is 7.08. The summed E-state index contributed by atoms with van der Waals surface area (Å²) in [7, 11) is 1.33. The van der Waals surface area contributed by atoms with Gasteiger partial charge in [0, 0.05) is 12.3 Å². The summed E-state index contributed by atoms with van der Waals surface area (Å²) in [6, 6.07) is 14.9. The maximum absolute atomic E-state index is 13.2. The fraction of sp³-hybridized carbons (Fsp3) is 0.348. The van der Waals surface area contributed by atoms with Crippen LogP contribution in [0.2, 0.25) is 0 Å². The second-order valence-corrected chi connectivity index (χ2v) is 8.14. The van der Waals surface area contributed by atoms with E-state index in [1.807, 2.05) is 44.2 Å². The van der Waals surface area contributed by atoms with Gasteiger partial charge in [-0.1, -0.05) is 42.1 Å². The van der Waals surface area contributed by atoms with Gasteiger partial charge in [0.1, 0.15) is 0 Å². The zero-order chi connectivity index (χ0) is 21.5. The van der Waals surface area contributed by atoms with Crippen LogP contribution in [-0.2, 0) is 22.4 Å². The molecule has 3 aromatic rings. The van der Waals surface area contributed by atoms with Crippen LogP contribution in [0.1, 0.15) is 29.8 Å². The number of rotatable bonds is 9. The fourth-order valence-corrected chi connectivity index (χ4v) is 3.91. The Hall–Kier alpha value is -2.64. The number of nitrogens with zero attached hydrogens (tertiary/aromatic N) is 2. The highest BCUT2D eigenvalue weighted by atomic mass is 32.2. The molecule has 6 nitrogen and oxygen atoms in total. The average molecular weight is 427 g/mol. The van der Waals surface area contributed by atoms with Crippen molar-refractivity contribution in [3.63, 3.8) is 0 Å². The van der Waals surface area contributed by atoms with Gasteiger partial charge in [0.15, 0.2) is 5.16 Å². The van der Waals surface area contributed by atoms with E-state index in [0.29, 0.717) is 40.5 Å². The van der Waals surface area contributed by atoms with Crippen LogP contribution in [0.15, 0.2) is 58.5 Å². The normalized spacial score (nSPS) is 11.2. The number of hydrogen-bond donors (Lipinski definition) is 0. The Kier molecular flexibility index (Phi) is 7.65. The largest absolute Gasteiger partial charge is 0.465 e. The summed E-state index contributed by atoms with van der Waals surface area (Å²) in [6.07, 6.45) is 0.877. The molecule has 0 bridgehead atoms. The molecule has 2 aromatic carbocycles. The SMILES string of the molecule is COC(=O)c1ccc2c(=O)n(CCc3ccccc3)c(SCCOC(C)C)nc2c1. The molecule has 0 fully saturated rings. The van der Waals surface area contributed by atoms with Gasteiger partial charge in [-0.15, -0.1) is 0 Å². The minimum absolute atomic E-state index is 0.111. The number of benzene rings is 2. The van der Waals surface area contributed by atoms with E-state index in [1.165, 1.54) is 18.9 Å². The Labute approximate surface area is 180 Å². The Morgan fingerprint density at radius 2 is 1.93 bits per heavy atom. The van der Waals surface area contributed by atoms with Crippen LogP contribution in [0, 0.1) is 0 Å². The molecule has 3 rings (SSSR count). The minimum Gasteiger partial charge on any atom is -0.465 e. The highest BCUT2D eigenvalue weighted by Crippen LogP contribution is 2.20. The van der Waals surface area contributed by atoms with Gasteiger partial charge in [-0.05, 0) is 44.0 Å². The van der Waals surface area contributed by atoms with Crippen molar-refractivity contribution >= 4 is 28.6 Å². The van der Waals surface area contributed by atoms with Crippen molar-refractivity contribution in [2.24, 2.45) is 0 Å². The molecule has 0 spiro atoms. The molecule has 0 atom stereocenters. The third-order valence-electron chi connectivity index (χ3n) is 4.57. The molecule has 158 valence electrons. The number of fused-ring (bicyclic) bond motifs is 1. The lowest BCUT2D eigenvalue weighted by atomic mass is 10.1. The number of carbonyl (C=O) groups excluding carboxylic acids is 1. The van der Waals surface area contributed by atoms with Gasteiger partial charge < -0.3 is 9.47 Å². The maximum Gasteiger partial charge on any atom is 0.337 e. The van der Waals surface area contributed by atoms with E-state index in [0.717, 1.165) is 12.0 Å². The minimum atomic E-state index is -0.452. The lowest BCUT2D eigenvalue weighted by Gasteiger charge is -2.14. The van der Waals surface area contributed by atoms with Crippen molar-refractivity contribution in [3.05, 3.63) is 70.0 Å². The Morgan fingerprint density at radius 1 is 1.17 bits per heavy atom. The van der Waals surface area contributed by atoms with E-state index in [-0.39, 0.29) is 11.7 Å². The van der Waals surface area contributed by atoms with E-state index < -0.39 is 5.97 Å². The second kappa shape index (κ2) is 10.4. The zero-order valence-electron chi connectivity index (χ0n) is 17.5. The highest BCUT2D eigenvalue weighted by molar-refractivity contribution is 7.99. The van der Waals surface area contributed by atoms with Crippen molar-refractivity contribution in [2.45, 2.75) is 38.1 Å². The van der Waals surface area contributed by atoms with Crippen molar-refractivity contribution in [3.8, 4) is 0 Å². The van der Waals surface area contributed by atoms with Gasteiger partial charge in [0.05, 0.1) is 36.3 Å². The first-order chi connectivity index (χ1) is 14.5. The molecule has 0 aliphatic carbocycles. The van der Waals surface area contributed by atoms with Gasteiger partial charge in [-0.25, -0.2) is 9.78 Å². The van der Waals surface area contributed by atoms with Crippen molar-refractivity contribution in [2.75, 3.05) is 19.5 Å². The molecule has 1 aromatic heterocycles. The lowest BCUT2D eigenvalue weighted by Crippen LogP contribution is -2.25. The molecule has 1 heterocycles. The smallest absolute Gasteiger partial charge is 0.337 e. The molecular weight excluding hydrogens is 400 g/mol. The van der Waals surface area contributed by atoms with E-state index in [4.69, 9.17) is 14.5 Å². The first-order valence-electron chi connectivity index (χ1n) is 9.91. The summed E-state index contributed by atoms with van der Waals surface area (Å²) in [5.41, 5.74) is 1.91. The summed E-state index contributed by atoms with van der Waals surface area (Å²) in [5, 5.41) is 1.11. The van der Waals surface area contributed by atoms with Gasteiger partial charge >= 0.3 is 5.97 Å². The summed E-state index contributed by atoms with van der Waals surface area (Å²) in [6.45, 7) is 5.07. The predicted octanol–water partition coefficient (Wildman–Crippen LogP) is 3.94. The van der Waals surface area contributed by atoms with Crippen LogP contribution in [-0.4, -0.2) is 41.1 Å². The topological polar surface area (TPSA) is 70.4 Å². The molecule has 30 heavy (non-hydrogen) atoms. The molecular formula is C23H26N2O4S. The van der Waals surface area contributed by atoms with Crippen LogP contribution in [0.5, 0.6) is 0 Å². The molecule has 0 unspecified atom stereocenters. The van der Waals surface area contributed by atoms with Gasteiger partial charge in [-0.3, -0.25) is 9.36 Å². The number of thioether (sulfide) groups is 1. The number of ether oxygens (including phenoxy) is 2. The number of hydrogen-bond acceptors (Lipinski definition) is 6. The van der Waals surface area contributed by atoms with E-state index in [2.05, 4.69) is 0 Å². The molecule has 0 aliphatic rings. The number of methoxy groups -OCH3 is 1. The third kappa shape index (κ3) is 5.49. The van der Waals surface area contributed by atoms with Crippen molar-refractivity contribution < 1.29 is 14.3 Å². The number of esters is 1. The Balaban J connectivity index is 1.95. The lowest BCUT2D eigenvalue weighted by molar-refractivity contribution is 0.0601. The van der Waals surface area contributed by atoms with E-state index in [9.17, 15) is 9.59 Å². The van der Waals surface area contributed by atoms with Crippen molar-refractivity contribution in [1.29, 1.82) is 0 Å². The van der Waals surface area contributed by atoms with E-state index in [1.54, 1.807) is 22.8 Å². The van der Waals surface area contributed by atoms with Gasteiger partial charge in [0.25, 0.3) is 5.56 Å². The molecule has 0 saturated carbocycles. The van der Waals surface area contributed by atoms with Crippen LogP contribution in [0.3, 0.4) is 0 Å². The molecule has 0 amide bonds. The van der Waals surface area contributed by atoms with E-state index >= 15 is 0 Å². The monoisotopic (exact) mass is 426 g/mol. The van der Waals surface area contributed by atoms with Crippen molar-refractivity contribution in [1.82, 2.24) is 9.55 Å². The summed E-state index contributed by atoms with van der Waals surface area (Å²) >= 11 is 1.48. The summed E-state index contributed by atoms with van der Waals surface area (Å²) < 4.78 is 12.1. The summed E-state index contributed by atoms with van der Waals surface area (Å²) in [4.78, 5) is 29.8. The fourth-order valence-electron chi connectivity index (χ4n) is 3.06. The zero-order valence-corrected chi connectivity index (χ0v) is 18.3. The van der Waals surface area contributed by atoms with Crippen LogP contribution < -0.4 is 5.56 Å². The number of aromatic nitrogens is 2. The van der Waals surface area contributed by atoms with Gasteiger partial charge in [-0.2, -0.15) is 0 Å². The van der Waals surface area contributed by atoms with Gasteiger partial charge in [0.2, 0.25) is 0 Å². The maximum atomic E-state index is 13.2. The standard InChI is InChI=1S/C23H26N2O4S/c1-16(2)29-13-14-30-23-24-20-15-18(22(27)28-3)9-10-19(20)21(26)25(23)12-11-17-7-5-4-6-8-17/h4-10,15-16H,11-14H2,1-3H3. The predicted molar refractivity (Wildman–Crippen MR) is 119 cm³/mol. The number of carbonyl (C=O) groups is 1. The quantitative estimate of drug-likeness (QED) is 0.223. The average Bonchev–Trinajstić information content (AvgIpc) is 2.76. The Bertz CT molecular complexity index is 1060. The van der Waals surface area contributed by atoms with Crippen LogP contribution in [0.25, 0.3) is 10.9 Å². The Morgan fingerprint density at radius 3 is 2.63 bits per heavy atom. The highest BCUT2D eigenvalue weighted by Gasteiger charge is 2.14. The summed E-state index contributed by atoms with van der Waals surface area (Å²) in [5.74, 6) is 0.226.